The molecule has 0 saturated carbocycles. The Morgan fingerprint density at radius 2 is 2.05 bits per heavy atom. The fraction of sp³-hybridized carbons (Fsp3) is 0.786. The Morgan fingerprint density at radius 1 is 1.32 bits per heavy atom. The predicted molar refractivity (Wildman–Crippen MR) is 83.1 cm³/mol. The summed E-state index contributed by atoms with van der Waals surface area (Å²) in [5.74, 6) is 0. The second-order valence-corrected chi connectivity index (χ2v) is 6.34. The van der Waals surface area contributed by atoms with Crippen LogP contribution in [0.4, 0.5) is 5.13 Å². The van der Waals surface area contributed by atoms with Gasteiger partial charge in [-0.1, -0.05) is 20.8 Å². The van der Waals surface area contributed by atoms with E-state index >= 15 is 0 Å². The Morgan fingerprint density at radius 3 is 2.58 bits per heavy atom. The largest absolute Gasteiger partial charge is 0.346 e. The summed E-state index contributed by atoms with van der Waals surface area (Å²) in [4.78, 5) is 9.43. The molecule has 0 radical (unpaired) electrons. The summed E-state index contributed by atoms with van der Waals surface area (Å²) in [5, 5.41) is 6.80. The van der Waals surface area contributed by atoms with E-state index in [9.17, 15) is 0 Å². The van der Waals surface area contributed by atoms with Gasteiger partial charge in [-0.15, -0.1) is 11.3 Å². The standard InChI is InChI=1S/C14H26N4S/c1-4-13(11-16-12(2)3)17-6-8-18(9-7-17)14-15-5-10-19-14/h5,10,12-13,16H,4,6-9,11H2,1-3H3. The summed E-state index contributed by atoms with van der Waals surface area (Å²) in [6.45, 7) is 12.3. The van der Waals surface area contributed by atoms with E-state index in [1.54, 1.807) is 11.3 Å². The Kier molecular flexibility index (Phi) is 5.60. The van der Waals surface area contributed by atoms with Gasteiger partial charge in [0.15, 0.2) is 5.13 Å². The molecular weight excluding hydrogens is 256 g/mol. The van der Waals surface area contributed by atoms with Crippen LogP contribution in [0, 0.1) is 0 Å². The zero-order chi connectivity index (χ0) is 13.7. The zero-order valence-corrected chi connectivity index (χ0v) is 13.1. The van der Waals surface area contributed by atoms with Gasteiger partial charge in [-0.2, -0.15) is 0 Å². The Labute approximate surface area is 120 Å². The minimum absolute atomic E-state index is 0.575. The van der Waals surface area contributed by atoms with Crippen LogP contribution >= 0.6 is 11.3 Å². The highest BCUT2D eigenvalue weighted by Gasteiger charge is 2.23. The Balaban J connectivity index is 1.81. The number of aromatic nitrogens is 1. The van der Waals surface area contributed by atoms with Gasteiger partial charge in [-0.25, -0.2) is 4.98 Å². The summed E-state index contributed by atoms with van der Waals surface area (Å²) < 4.78 is 0. The molecule has 4 nitrogen and oxygen atoms in total. The van der Waals surface area contributed by atoms with Crippen LogP contribution in [0.2, 0.25) is 0 Å². The summed E-state index contributed by atoms with van der Waals surface area (Å²) in [6, 6.07) is 1.24. The van der Waals surface area contributed by atoms with E-state index in [1.807, 2.05) is 6.20 Å². The third-order valence-corrected chi connectivity index (χ3v) is 4.59. The van der Waals surface area contributed by atoms with Crippen molar-refractivity contribution < 1.29 is 0 Å². The van der Waals surface area contributed by atoms with Crippen molar-refractivity contribution in [2.24, 2.45) is 0 Å². The summed E-state index contributed by atoms with van der Waals surface area (Å²) in [7, 11) is 0. The molecular formula is C14H26N4S. The minimum atomic E-state index is 0.575. The van der Waals surface area contributed by atoms with E-state index in [2.05, 4.69) is 46.3 Å². The number of nitrogens with one attached hydrogen (secondary N) is 1. The number of rotatable bonds is 6. The lowest BCUT2D eigenvalue weighted by atomic mass is 10.1. The summed E-state index contributed by atoms with van der Waals surface area (Å²) >= 11 is 1.74. The van der Waals surface area contributed by atoms with Crippen LogP contribution in [0.25, 0.3) is 0 Å². The SMILES string of the molecule is CCC(CNC(C)C)N1CCN(c2nccs2)CC1. The number of hydrogen-bond donors (Lipinski definition) is 1. The number of nitrogens with zero attached hydrogens (tertiary/aromatic N) is 3. The fourth-order valence-corrected chi connectivity index (χ4v) is 3.25. The van der Waals surface area contributed by atoms with Crippen LogP contribution in [0.3, 0.4) is 0 Å². The second-order valence-electron chi connectivity index (χ2n) is 5.46. The van der Waals surface area contributed by atoms with Crippen molar-refractivity contribution in [3.63, 3.8) is 0 Å². The molecule has 1 aliphatic heterocycles. The topological polar surface area (TPSA) is 31.4 Å². The van der Waals surface area contributed by atoms with Crippen molar-refractivity contribution in [3.8, 4) is 0 Å². The zero-order valence-electron chi connectivity index (χ0n) is 12.3. The molecule has 0 aliphatic carbocycles. The lowest BCUT2D eigenvalue weighted by Crippen LogP contribution is -2.53. The van der Waals surface area contributed by atoms with Gasteiger partial charge in [-0.3, -0.25) is 4.90 Å². The molecule has 1 fully saturated rings. The van der Waals surface area contributed by atoms with Gasteiger partial charge in [0.2, 0.25) is 0 Å². The molecule has 0 aromatic carbocycles. The van der Waals surface area contributed by atoms with Crippen molar-refractivity contribution in [1.82, 2.24) is 15.2 Å². The van der Waals surface area contributed by atoms with E-state index < -0.39 is 0 Å². The van der Waals surface area contributed by atoms with Crippen molar-refractivity contribution in [3.05, 3.63) is 11.6 Å². The van der Waals surface area contributed by atoms with Gasteiger partial charge >= 0.3 is 0 Å². The molecule has 2 rings (SSSR count). The monoisotopic (exact) mass is 282 g/mol. The van der Waals surface area contributed by atoms with Crippen molar-refractivity contribution in [1.29, 1.82) is 0 Å². The maximum absolute atomic E-state index is 4.40. The van der Waals surface area contributed by atoms with Crippen LogP contribution in [-0.4, -0.2) is 54.7 Å². The van der Waals surface area contributed by atoms with Gasteiger partial charge in [0.25, 0.3) is 0 Å². The quantitative estimate of drug-likeness (QED) is 0.865. The smallest absolute Gasteiger partial charge is 0.185 e. The minimum Gasteiger partial charge on any atom is -0.346 e. The normalized spacial score (nSPS) is 19.1. The Bertz CT molecular complexity index is 344. The first-order valence-corrected chi connectivity index (χ1v) is 8.20. The fourth-order valence-electron chi connectivity index (χ4n) is 2.55. The molecule has 0 bridgehead atoms. The second kappa shape index (κ2) is 7.22. The molecule has 1 aromatic rings. The van der Waals surface area contributed by atoms with Crippen LogP contribution in [0.1, 0.15) is 27.2 Å². The molecule has 1 N–H and O–H groups in total. The maximum Gasteiger partial charge on any atom is 0.185 e. The van der Waals surface area contributed by atoms with Crippen LogP contribution in [0.15, 0.2) is 11.6 Å². The first-order valence-electron chi connectivity index (χ1n) is 7.32. The number of hydrogen-bond acceptors (Lipinski definition) is 5. The molecule has 1 aliphatic rings. The summed E-state index contributed by atoms with van der Waals surface area (Å²) in [6.07, 6.45) is 3.12. The van der Waals surface area contributed by atoms with Crippen LogP contribution in [0.5, 0.6) is 0 Å². The third kappa shape index (κ3) is 4.16. The Hall–Kier alpha value is -0.650. The summed E-state index contributed by atoms with van der Waals surface area (Å²) in [5.41, 5.74) is 0. The van der Waals surface area contributed by atoms with E-state index in [1.165, 1.54) is 11.6 Å². The van der Waals surface area contributed by atoms with Crippen molar-refractivity contribution >= 4 is 16.5 Å². The highest BCUT2D eigenvalue weighted by atomic mass is 32.1. The first-order chi connectivity index (χ1) is 9.20. The molecule has 5 heteroatoms. The lowest BCUT2D eigenvalue weighted by Gasteiger charge is -2.39. The third-order valence-electron chi connectivity index (χ3n) is 3.75. The van der Waals surface area contributed by atoms with Gasteiger partial charge in [-0.05, 0) is 6.42 Å². The molecule has 1 unspecified atom stereocenters. The number of anilines is 1. The van der Waals surface area contributed by atoms with E-state index in [4.69, 9.17) is 0 Å². The van der Waals surface area contributed by atoms with E-state index in [0.717, 1.165) is 32.7 Å². The molecule has 108 valence electrons. The molecule has 0 amide bonds. The molecule has 19 heavy (non-hydrogen) atoms. The van der Waals surface area contributed by atoms with Crippen molar-refractivity contribution in [2.75, 3.05) is 37.6 Å². The molecule has 0 spiro atoms. The van der Waals surface area contributed by atoms with E-state index in [0.29, 0.717) is 12.1 Å². The average Bonchev–Trinajstić information content (AvgIpc) is 2.94. The van der Waals surface area contributed by atoms with Gasteiger partial charge in [0, 0.05) is 56.4 Å². The highest BCUT2D eigenvalue weighted by molar-refractivity contribution is 7.13. The van der Waals surface area contributed by atoms with E-state index in [-0.39, 0.29) is 0 Å². The predicted octanol–water partition coefficient (Wildman–Crippen LogP) is 2.04. The first kappa shape index (κ1) is 14.8. The van der Waals surface area contributed by atoms with Gasteiger partial charge in [0.1, 0.15) is 0 Å². The van der Waals surface area contributed by atoms with Gasteiger partial charge < -0.3 is 10.2 Å². The van der Waals surface area contributed by atoms with Crippen molar-refractivity contribution in [2.45, 2.75) is 39.3 Å². The molecule has 1 atom stereocenters. The number of thiazole rings is 1. The molecule has 1 aromatic heterocycles. The average molecular weight is 282 g/mol. The number of piperazine rings is 1. The van der Waals surface area contributed by atoms with Gasteiger partial charge in [0.05, 0.1) is 0 Å². The van der Waals surface area contributed by atoms with Crippen LogP contribution in [-0.2, 0) is 0 Å². The molecule has 1 saturated heterocycles. The highest BCUT2D eigenvalue weighted by Crippen LogP contribution is 2.19. The molecule has 2 heterocycles. The maximum atomic E-state index is 4.40. The van der Waals surface area contributed by atoms with Crippen LogP contribution < -0.4 is 10.2 Å². The lowest BCUT2D eigenvalue weighted by molar-refractivity contribution is 0.174.